The first-order valence-corrected chi connectivity index (χ1v) is 6.91. The zero-order chi connectivity index (χ0) is 14.3. The standard InChI is InChI=1S/C15H25N3O/c1-4-18(5-2)11-7-10-17(3)15(19)13-8-6-9-14(16)12-13/h6,8-9,12H,4-5,7,10-11,16H2,1-3H3. The van der Waals surface area contributed by atoms with Crippen molar-refractivity contribution in [1.29, 1.82) is 0 Å². The molecule has 0 atom stereocenters. The summed E-state index contributed by atoms with van der Waals surface area (Å²) in [5.41, 5.74) is 6.98. The number of nitrogen functional groups attached to an aromatic ring is 1. The molecule has 1 aromatic rings. The van der Waals surface area contributed by atoms with Crippen LogP contribution < -0.4 is 5.73 Å². The fourth-order valence-electron chi connectivity index (χ4n) is 2.06. The summed E-state index contributed by atoms with van der Waals surface area (Å²) in [4.78, 5) is 16.3. The molecule has 0 saturated heterocycles. The maximum Gasteiger partial charge on any atom is 0.253 e. The second-order valence-corrected chi connectivity index (χ2v) is 4.73. The molecule has 106 valence electrons. The predicted molar refractivity (Wildman–Crippen MR) is 80.2 cm³/mol. The summed E-state index contributed by atoms with van der Waals surface area (Å²) in [6, 6.07) is 7.13. The van der Waals surface area contributed by atoms with E-state index >= 15 is 0 Å². The van der Waals surface area contributed by atoms with Crippen LogP contribution in [0.2, 0.25) is 0 Å². The van der Waals surface area contributed by atoms with Crippen LogP contribution in [-0.2, 0) is 0 Å². The Hall–Kier alpha value is -1.55. The van der Waals surface area contributed by atoms with Crippen LogP contribution in [0.1, 0.15) is 30.6 Å². The van der Waals surface area contributed by atoms with Gasteiger partial charge in [0.2, 0.25) is 0 Å². The van der Waals surface area contributed by atoms with E-state index in [-0.39, 0.29) is 5.91 Å². The number of amides is 1. The van der Waals surface area contributed by atoms with Gasteiger partial charge >= 0.3 is 0 Å². The summed E-state index contributed by atoms with van der Waals surface area (Å²) >= 11 is 0. The second kappa shape index (κ2) is 7.79. The number of anilines is 1. The van der Waals surface area contributed by atoms with E-state index in [1.54, 1.807) is 23.1 Å². The molecule has 1 amide bonds. The fourth-order valence-corrected chi connectivity index (χ4v) is 2.06. The number of carbonyl (C=O) groups excluding carboxylic acids is 1. The van der Waals surface area contributed by atoms with Gasteiger partial charge in [-0.15, -0.1) is 0 Å². The van der Waals surface area contributed by atoms with Crippen molar-refractivity contribution in [3.8, 4) is 0 Å². The van der Waals surface area contributed by atoms with E-state index in [0.717, 1.165) is 32.6 Å². The highest BCUT2D eigenvalue weighted by Crippen LogP contribution is 2.09. The van der Waals surface area contributed by atoms with E-state index in [1.165, 1.54) is 0 Å². The first-order chi connectivity index (χ1) is 9.08. The van der Waals surface area contributed by atoms with Crippen molar-refractivity contribution in [3.63, 3.8) is 0 Å². The Kier molecular flexibility index (Phi) is 6.36. The second-order valence-electron chi connectivity index (χ2n) is 4.73. The van der Waals surface area contributed by atoms with Gasteiger partial charge in [0.25, 0.3) is 5.91 Å². The Morgan fingerprint density at radius 3 is 2.47 bits per heavy atom. The number of hydrogen-bond donors (Lipinski definition) is 1. The monoisotopic (exact) mass is 263 g/mol. The number of nitrogens with two attached hydrogens (primary N) is 1. The van der Waals surface area contributed by atoms with E-state index in [1.807, 2.05) is 13.1 Å². The minimum Gasteiger partial charge on any atom is -0.399 e. The first kappa shape index (κ1) is 15.5. The summed E-state index contributed by atoms with van der Waals surface area (Å²) in [6.07, 6.45) is 0.992. The van der Waals surface area contributed by atoms with Crippen LogP contribution in [-0.4, -0.2) is 48.9 Å². The molecule has 0 bridgehead atoms. The Labute approximate surface area is 116 Å². The number of carbonyl (C=O) groups is 1. The predicted octanol–water partition coefficient (Wildman–Crippen LogP) is 2.07. The smallest absolute Gasteiger partial charge is 0.253 e. The van der Waals surface area contributed by atoms with E-state index in [0.29, 0.717) is 11.3 Å². The van der Waals surface area contributed by atoms with Gasteiger partial charge in [0.1, 0.15) is 0 Å². The average molecular weight is 263 g/mol. The van der Waals surface area contributed by atoms with Gasteiger partial charge in [-0.25, -0.2) is 0 Å². The molecule has 0 fully saturated rings. The van der Waals surface area contributed by atoms with Gasteiger partial charge in [0.15, 0.2) is 0 Å². The minimum atomic E-state index is 0.0341. The molecule has 0 saturated carbocycles. The molecule has 0 aliphatic heterocycles. The molecule has 4 heteroatoms. The van der Waals surface area contributed by atoms with Crippen molar-refractivity contribution >= 4 is 11.6 Å². The zero-order valence-electron chi connectivity index (χ0n) is 12.2. The lowest BCUT2D eigenvalue weighted by Crippen LogP contribution is -2.31. The third-order valence-electron chi connectivity index (χ3n) is 3.34. The number of benzene rings is 1. The van der Waals surface area contributed by atoms with Gasteiger partial charge in [-0.3, -0.25) is 4.79 Å². The number of nitrogens with zero attached hydrogens (tertiary/aromatic N) is 2. The van der Waals surface area contributed by atoms with Crippen LogP contribution >= 0.6 is 0 Å². The van der Waals surface area contributed by atoms with Crippen LogP contribution in [0, 0.1) is 0 Å². The molecule has 0 aliphatic rings. The molecule has 0 aromatic heterocycles. The molecule has 0 aliphatic carbocycles. The van der Waals surface area contributed by atoms with E-state index in [2.05, 4.69) is 18.7 Å². The zero-order valence-corrected chi connectivity index (χ0v) is 12.2. The normalized spacial score (nSPS) is 10.7. The fraction of sp³-hybridized carbons (Fsp3) is 0.533. The highest BCUT2D eigenvalue weighted by atomic mass is 16.2. The molecule has 2 N–H and O–H groups in total. The Morgan fingerprint density at radius 1 is 1.21 bits per heavy atom. The van der Waals surface area contributed by atoms with Crippen molar-refractivity contribution < 1.29 is 4.79 Å². The Morgan fingerprint density at radius 2 is 1.89 bits per heavy atom. The maximum absolute atomic E-state index is 12.2. The van der Waals surface area contributed by atoms with Gasteiger partial charge in [0, 0.05) is 24.8 Å². The van der Waals surface area contributed by atoms with Gasteiger partial charge in [-0.1, -0.05) is 19.9 Å². The quantitative estimate of drug-likeness (QED) is 0.766. The third-order valence-corrected chi connectivity index (χ3v) is 3.34. The summed E-state index contributed by atoms with van der Waals surface area (Å²) in [6.45, 7) is 8.23. The average Bonchev–Trinajstić information content (AvgIpc) is 2.42. The van der Waals surface area contributed by atoms with Crippen LogP contribution in [0.25, 0.3) is 0 Å². The minimum absolute atomic E-state index is 0.0341. The molecule has 4 nitrogen and oxygen atoms in total. The highest BCUT2D eigenvalue weighted by Gasteiger charge is 2.11. The third kappa shape index (κ3) is 4.91. The molecule has 0 heterocycles. The van der Waals surface area contributed by atoms with Gasteiger partial charge in [0.05, 0.1) is 0 Å². The maximum atomic E-state index is 12.2. The van der Waals surface area contributed by atoms with E-state index < -0.39 is 0 Å². The lowest BCUT2D eigenvalue weighted by Gasteiger charge is -2.21. The number of rotatable bonds is 7. The summed E-state index contributed by atoms with van der Waals surface area (Å²) < 4.78 is 0. The summed E-state index contributed by atoms with van der Waals surface area (Å²) in [7, 11) is 1.84. The molecule has 0 spiro atoms. The summed E-state index contributed by atoms with van der Waals surface area (Å²) in [5, 5.41) is 0. The largest absolute Gasteiger partial charge is 0.399 e. The molecule has 0 unspecified atom stereocenters. The summed E-state index contributed by atoms with van der Waals surface area (Å²) in [5.74, 6) is 0.0341. The van der Waals surface area contributed by atoms with E-state index in [9.17, 15) is 4.79 Å². The SMILES string of the molecule is CCN(CC)CCCN(C)C(=O)c1cccc(N)c1. The van der Waals surface area contributed by atoms with E-state index in [4.69, 9.17) is 5.73 Å². The lowest BCUT2D eigenvalue weighted by molar-refractivity contribution is 0.0789. The molecular weight excluding hydrogens is 238 g/mol. The number of hydrogen-bond acceptors (Lipinski definition) is 3. The highest BCUT2D eigenvalue weighted by molar-refractivity contribution is 5.94. The van der Waals surface area contributed by atoms with Crippen molar-refractivity contribution in [1.82, 2.24) is 9.80 Å². The first-order valence-electron chi connectivity index (χ1n) is 6.91. The van der Waals surface area contributed by atoms with Crippen molar-refractivity contribution in [2.75, 3.05) is 39.0 Å². The van der Waals surface area contributed by atoms with Crippen molar-refractivity contribution in [2.24, 2.45) is 0 Å². The molecule has 1 aromatic carbocycles. The van der Waals surface area contributed by atoms with Gasteiger partial charge in [-0.2, -0.15) is 0 Å². The lowest BCUT2D eigenvalue weighted by atomic mass is 10.2. The molecule has 19 heavy (non-hydrogen) atoms. The van der Waals surface area contributed by atoms with Crippen molar-refractivity contribution in [2.45, 2.75) is 20.3 Å². The molecule has 0 radical (unpaired) electrons. The Balaban J connectivity index is 2.45. The van der Waals surface area contributed by atoms with Crippen LogP contribution in [0.4, 0.5) is 5.69 Å². The molecular formula is C15H25N3O. The van der Waals surface area contributed by atoms with Crippen molar-refractivity contribution in [3.05, 3.63) is 29.8 Å². The van der Waals surface area contributed by atoms with Gasteiger partial charge in [-0.05, 0) is 44.3 Å². The van der Waals surface area contributed by atoms with Gasteiger partial charge < -0.3 is 15.5 Å². The molecule has 1 rings (SSSR count). The van der Waals surface area contributed by atoms with Crippen LogP contribution in [0.5, 0.6) is 0 Å². The van der Waals surface area contributed by atoms with Crippen LogP contribution in [0.3, 0.4) is 0 Å². The topological polar surface area (TPSA) is 49.6 Å². The Bertz CT molecular complexity index is 402. The van der Waals surface area contributed by atoms with Crippen LogP contribution in [0.15, 0.2) is 24.3 Å².